The van der Waals surface area contributed by atoms with Crippen molar-refractivity contribution in [3.05, 3.63) is 45.6 Å². The summed E-state index contributed by atoms with van der Waals surface area (Å²) in [6, 6.07) is 4.64. The van der Waals surface area contributed by atoms with Crippen molar-refractivity contribution >= 4 is 40.3 Å². The first kappa shape index (κ1) is 19.1. The zero-order valence-corrected chi connectivity index (χ0v) is 14.8. The number of halogens is 4. The van der Waals surface area contributed by atoms with Crippen molar-refractivity contribution in [2.75, 3.05) is 6.61 Å². The first-order valence-corrected chi connectivity index (χ1v) is 8.45. The van der Waals surface area contributed by atoms with E-state index in [1.54, 1.807) is 6.07 Å². The second kappa shape index (κ2) is 7.16. The number of ketones is 1. The lowest BCUT2D eigenvalue weighted by Gasteiger charge is -2.08. The summed E-state index contributed by atoms with van der Waals surface area (Å²) in [4.78, 5) is 28.5. The van der Waals surface area contributed by atoms with Crippen LogP contribution in [0.4, 0.5) is 13.2 Å². The Kier molecular flexibility index (Phi) is 5.07. The fraction of sp³-hybridized carbons (Fsp3) is 0.200. The van der Waals surface area contributed by atoms with Crippen LogP contribution in [-0.2, 0) is 16.1 Å². The SMILES string of the molecule is O=C(OCC(F)(F)F)C(=O)c1c([O-])[n+]2ccccc2n1Cc1cnc(Cl)s1. The number of Topliss-reactive ketones (excluding diaryl/α,β-unsaturated/α-hetero) is 1. The molecule has 0 saturated carbocycles. The molecular formula is C15H9ClF3N3O4S. The number of hydrogen-bond acceptors (Lipinski definition) is 6. The Hall–Kier alpha value is -2.66. The highest BCUT2D eigenvalue weighted by molar-refractivity contribution is 7.15. The van der Waals surface area contributed by atoms with Crippen LogP contribution >= 0.6 is 22.9 Å². The van der Waals surface area contributed by atoms with Gasteiger partial charge in [0.1, 0.15) is 12.4 Å². The molecule has 3 rings (SSSR count). The van der Waals surface area contributed by atoms with Crippen LogP contribution in [0.5, 0.6) is 5.88 Å². The molecule has 0 aromatic carbocycles. The number of fused-ring (bicyclic) bond motifs is 1. The summed E-state index contributed by atoms with van der Waals surface area (Å²) >= 11 is 6.86. The average Bonchev–Trinajstić information content (AvgIpc) is 3.14. The minimum absolute atomic E-state index is 0.0340. The summed E-state index contributed by atoms with van der Waals surface area (Å²) in [6.45, 7) is -1.96. The molecule has 7 nitrogen and oxygen atoms in total. The molecule has 0 aliphatic rings. The third-order valence-electron chi connectivity index (χ3n) is 3.41. The fourth-order valence-corrected chi connectivity index (χ4v) is 3.34. The molecule has 3 aromatic heterocycles. The lowest BCUT2D eigenvalue weighted by molar-refractivity contribution is -0.582. The minimum atomic E-state index is -4.79. The number of carbonyl (C=O) groups excluding carboxylic acids is 2. The Bertz CT molecular complexity index is 1030. The molecule has 3 aromatic rings. The van der Waals surface area contributed by atoms with Crippen LogP contribution in [-0.4, -0.2) is 34.1 Å². The Labute approximate surface area is 158 Å². The Balaban J connectivity index is 2.03. The number of rotatable bonds is 5. The van der Waals surface area contributed by atoms with Gasteiger partial charge in [-0.3, -0.25) is 4.79 Å². The van der Waals surface area contributed by atoms with Gasteiger partial charge in [0.05, 0.1) is 11.1 Å². The smallest absolute Gasteiger partial charge is 0.422 e. The maximum atomic E-state index is 12.5. The van der Waals surface area contributed by atoms with E-state index in [-0.39, 0.29) is 16.7 Å². The first-order valence-electron chi connectivity index (χ1n) is 7.25. The molecule has 27 heavy (non-hydrogen) atoms. The van der Waals surface area contributed by atoms with E-state index >= 15 is 0 Å². The van der Waals surface area contributed by atoms with Gasteiger partial charge in [0.2, 0.25) is 5.69 Å². The van der Waals surface area contributed by atoms with Gasteiger partial charge in [-0.15, -0.1) is 11.3 Å². The largest absolute Gasteiger partial charge is 0.839 e. The molecule has 0 N–H and O–H groups in total. The van der Waals surface area contributed by atoms with Gasteiger partial charge in [-0.05, 0) is 6.07 Å². The molecule has 12 heteroatoms. The van der Waals surface area contributed by atoms with E-state index in [1.807, 2.05) is 0 Å². The van der Waals surface area contributed by atoms with Gasteiger partial charge in [0, 0.05) is 12.3 Å². The number of imidazole rings is 1. The lowest BCUT2D eigenvalue weighted by Crippen LogP contribution is -2.28. The number of thiazole rings is 1. The van der Waals surface area contributed by atoms with Crippen LogP contribution in [0.15, 0.2) is 30.6 Å². The van der Waals surface area contributed by atoms with Crippen molar-refractivity contribution in [2.24, 2.45) is 0 Å². The zero-order chi connectivity index (χ0) is 19.8. The molecule has 0 amide bonds. The number of carbonyl (C=O) groups is 2. The van der Waals surface area contributed by atoms with Gasteiger partial charge in [-0.2, -0.15) is 13.2 Å². The molecule has 3 heterocycles. The number of pyridine rings is 1. The maximum absolute atomic E-state index is 12.5. The van der Waals surface area contributed by atoms with Gasteiger partial charge >= 0.3 is 17.9 Å². The maximum Gasteiger partial charge on any atom is 0.422 e. The van der Waals surface area contributed by atoms with Crippen LogP contribution < -0.4 is 9.51 Å². The van der Waals surface area contributed by atoms with Gasteiger partial charge in [-0.25, -0.2) is 18.7 Å². The quantitative estimate of drug-likeness (QED) is 0.272. The number of nitrogens with zero attached hydrogens (tertiary/aromatic N) is 3. The zero-order valence-electron chi connectivity index (χ0n) is 13.2. The van der Waals surface area contributed by atoms with Crippen molar-refractivity contribution in [2.45, 2.75) is 12.7 Å². The molecule has 142 valence electrons. The summed E-state index contributed by atoms with van der Waals surface area (Å²) in [6.07, 6.45) is -2.00. The number of aromatic nitrogens is 3. The Morgan fingerprint density at radius 1 is 1.37 bits per heavy atom. The van der Waals surface area contributed by atoms with Crippen LogP contribution in [0.3, 0.4) is 0 Å². The van der Waals surface area contributed by atoms with E-state index in [9.17, 15) is 27.9 Å². The van der Waals surface area contributed by atoms with Crippen molar-refractivity contribution in [3.63, 3.8) is 0 Å². The highest BCUT2D eigenvalue weighted by Gasteiger charge is 2.35. The van der Waals surface area contributed by atoms with Crippen molar-refractivity contribution in [1.29, 1.82) is 0 Å². The average molecular weight is 420 g/mol. The van der Waals surface area contributed by atoms with E-state index in [0.717, 1.165) is 15.7 Å². The molecule has 0 aliphatic carbocycles. The molecular weight excluding hydrogens is 411 g/mol. The monoisotopic (exact) mass is 419 g/mol. The van der Waals surface area contributed by atoms with Crippen LogP contribution in [0.2, 0.25) is 4.47 Å². The molecule has 0 atom stereocenters. The highest BCUT2D eigenvalue weighted by Crippen LogP contribution is 2.23. The van der Waals surface area contributed by atoms with Crippen LogP contribution in [0.25, 0.3) is 5.65 Å². The van der Waals surface area contributed by atoms with Crippen molar-refractivity contribution in [1.82, 2.24) is 9.55 Å². The molecule has 0 unspecified atom stereocenters. The fourth-order valence-electron chi connectivity index (χ4n) is 2.37. The third-order valence-corrected chi connectivity index (χ3v) is 4.51. The van der Waals surface area contributed by atoms with E-state index in [0.29, 0.717) is 4.88 Å². The minimum Gasteiger partial charge on any atom is -0.839 e. The van der Waals surface area contributed by atoms with Crippen LogP contribution in [0.1, 0.15) is 15.4 Å². The van der Waals surface area contributed by atoms with Crippen molar-refractivity contribution in [3.8, 4) is 5.88 Å². The van der Waals surface area contributed by atoms with Gasteiger partial charge in [0.25, 0.3) is 5.65 Å². The van der Waals surface area contributed by atoms with E-state index in [2.05, 4.69) is 9.72 Å². The third kappa shape index (κ3) is 4.03. The number of esters is 1. The summed E-state index contributed by atoms with van der Waals surface area (Å²) in [5.74, 6) is -4.09. The Morgan fingerprint density at radius 3 is 2.74 bits per heavy atom. The number of alkyl halides is 3. The van der Waals surface area contributed by atoms with E-state index in [1.165, 1.54) is 29.1 Å². The van der Waals surface area contributed by atoms with E-state index < -0.39 is 36.1 Å². The predicted molar refractivity (Wildman–Crippen MR) is 84.6 cm³/mol. The van der Waals surface area contributed by atoms with E-state index in [4.69, 9.17) is 11.6 Å². The molecule has 0 saturated heterocycles. The molecule has 0 aliphatic heterocycles. The first-order chi connectivity index (χ1) is 12.7. The lowest BCUT2D eigenvalue weighted by atomic mass is 10.3. The van der Waals surface area contributed by atoms with Gasteiger partial charge in [0.15, 0.2) is 11.1 Å². The van der Waals surface area contributed by atoms with Crippen LogP contribution in [0, 0.1) is 0 Å². The molecule has 0 fully saturated rings. The number of hydrogen-bond donors (Lipinski definition) is 0. The normalized spacial score (nSPS) is 11.7. The second-order valence-electron chi connectivity index (χ2n) is 5.27. The predicted octanol–water partition coefficient (Wildman–Crippen LogP) is 1.75. The van der Waals surface area contributed by atoms with Gasteiger partial charge in [-0.1, -0.05) is 17.7 Å². The summed E-state index contributed by atoms with van der Waals surface area (Å²) in [5.41, 5.74) is -0.350. The molecule has 0 radical (unpaired) electrons. The standard InChI is InChI=1S/C15H9ClF3N3O4S/c16-14-20-5-8(27-14)6-22-9-3-1-2-4-21(9)12(24)10(22)11(23)13(25)26-7-15(17,18)19/h1-5H,6-7H2. The highest BCUT2D eigenvalue weighted by atomic mass is 35.5. The van der Waals surface area contributed by atoms with Gasteiger partial charge < -0.3 is 9.84 Å². The van der Waals surface area contributed by atoms with Crippen molar-refractivity contribution < 1.29 is 37.0 Å². The second-order valence-corrected chi connectivity index (χ2v) is 6.97. The topological polar surface area (TPSA) is 88.4 Å². The summed E-state index contributed by atoms with van der Waals surface area (Å²) in [7, 11) is 0. The summed E-state index contributed by atoms with van der Waals surface area (Å²) < 4.78 is 43.2. The Morgan fingerprint density at radius 2 is 2.11 bits per heavy atom. The number of ether oxygens (including phenoxy) is 1. The molecule has 0 spiro atoms. The summed E-state index contributed by atoms with van der Waals surface area (Å²) in [5, 5.41) is 12.5. The molecule has 0 bridgehead atoms.